The number of aliphatic hydroxyl groups excluding tert-OH is 1. The first-order valence-corrected chi connectivity index (χ1v) is 16.2. The molecule has 0 aromatic heterocycles. The van der Waals surface area contributed by atoms with Gasteiger partial charge < -0.3 is 25.4 Å². The molecule has 0 aliphatic carbocycles. The standard InChI is InChI=1S/C34H36ClN3O5S/c1-4-43-23-15-13-22(14-16-23)36-31(40)27-26-17-20(3)34(44-26)28(27)33(42)38(25(18-39)21-10-6-5-7-11-21)30(34)32(41)37-29-19(2)9-8-12-24(29)35/h5-16,20,25-28,30,39H,4,17-18H2,1-3H3,(H,36,40)(H,37,41)/t20?,25-,26+,27-,28+,30?,34?/m1/s1. The predicted octanol–water partition coefficient (Wildman–Crippen LogP) is 5.70. The number of nitrogens with one attached hydrogen (secondary N) is 2. The fourth-order valence-electron chi connectivity index (χ4n) is 7.43. The largest absolute Gasteiger partial charge is 0.494 e. The second kappa shape index (κ2) is 12.1. The zero-order valence-corrected chi connectivity index (χ0v) is 26.4. The second-order valence-corrected chi connectivity index (χ2v) is 13.7. The number of aryl methyl sites for hydroxylation is 1. The number of para-hydroxylation sites is 1. The van der Waals surface area contributed by atoms with E-state index in [4.69, 9.17) is 16.3 Å². The number of benzene rings is 3. The van der Waals surface area contributed by atoms with Crippen LogP contribution in [0.2, 0.25) is 5.02 Å². The molecule has 3 fully saturated rings. The van der Waals surface area contributed by atoms with Crippen LogP contribution < -0.4 is 15.4 Å². The maximum absolute atomic E-state index is 14.7. The molecule has 3 aliphatic heterocycles. The number of carbonyl (C=O) groups is 3. The number of thioether (sulfide) groups is 1. The van der Waals surface area contributed by atoms with Crippen molar-refractivity contribution < 1.29 is 24.2 Å². The van der Waals surface area contributed by atoms with E-state index in [1.807, 2.05) is 56.3 Å². The number of hydrogen-bond donors (Lipinski definition) is 3. The summed E-state index contributed by atoms with van der Waals surface area (Å²) < 4.78 is 4.66. The van der Waals surface area contributed by atoms with E-state index in [0.717, 1.165) is 5.56 Å². The van der Waals surface area contributed by atoms with E-state index in [0.29, 0.717) is 40.7 Å². The van der Waals surface area contributed by atoms with E-state index in [1.54, 1.807) is 47.0 Å². The highest BCUT2D eigenvalue weighted by Crippen LogP contribution is 2.69. The molecule has 3 N–H and O–H groups in total. The van der Waals surface area contributed by atoms with Crippen LogP contribution in [0.3, 0.4) is 0 Å². The summed E-state index contributed by atoms with van der Waals surface area (Å²) >= 11 is 8.10. The van der Waals surface area contributed by atoms with Gasteiger partial charge in [-0.15, -0.1) is 11.8 Å². The quantitative estimate of drug-likeness (QED) is 0.279. The van der Waals surface area contributed by atoms with E-state index in [1.165, 1.54) is 0 Å². The minimum Gasteiger partial charge on any atom is -0.494 e. The zero-order chi connectivity index (χ0) is 31.2. The fourth-order valence-corrected chi connectivity index (χ4v) is 10.1. The highest BCUT2D eigenvalue weighted by atomic mass is 35.5. The van der Waals surface area contributed by atoms with Crippen molar-refractivity contribution in [2.24, 2.45) is 17.8 Å². The zero-order valence-electron chi connectivity index (χ0n) is 24.8. The van der Waals surface area contributed by atoms with E-state index in [2.05, 4.69) is 17.6 Å². The summed E-state index contributed by atoms with van der Waals surface area (Å²) in [6.07, 6.45) is 0.688. The lowest BCUT2D eigenvalue weighted by atomic mass is 9.66. The Bertz CT molecular complexity index is 1550. The summed E-state index contributed by atoms with van der Waals surface area (Å²) in [5.41, 5.74) is 2.61. The minimum atomic E-state index is -0.943. The van der Waals surface area contributed by atoms with Crippen LogP contribution in [0, 0.1) is 24.7 Å². The van der Waals surface area contributed by atoms with Crippen molar-refractivity contribution in [2.45, 2.75) is 49.3 Å². The molecule has 0 saturated carbocycles. The number of aliphatic hydroxyl groups is 1. The van der Waals surface area contributed by atoms with Crippen LogP contribution in [-0.2, 0) is 14.4 Å². The number of fused-ring (bicyclic) bond motifs is 1. The van der Waals surface area contributed by atoms with Gasteiger partial charge in [-0.2, -0.15) is 0 Å². The van der Waals surface area contributed by atoms with Crippen molar-refractivity contribution in [3.8, 4) is 5.75 Å². The number of hydrogen-bond acceptors (Lipinski definition) is 6. The van der Waals surface area contributed by atoms with Gasteiger partial charge in [0.1, 0.15) is 11.8 Å². The van der Waals surface area contributed by atoms with E-state index in [9.17, 15) is 19.5 Å². The van der Waals surface area contributed by atoms with E-state index in [-0.39, 0.29) is 35.5 Å². The molecule has 3 heterocycles. The maximum atomic E-state index is 14.7. The molecule has 3 aliphatic rings. The smallest absolute Gasteiger partial charge is 0.248 e. The fraction of sp³-hybridized carbons (Fsp3) is 0.382. The first-order valence-electron chi connectivity index (χ1n) is 15.0. The van der Waals surface area contributed by atoms with E-state index >= 15 is 0 Å². The maximum Gasteiger partial charge on any atom is 0.248 e. The number of nitrogens with zero attached hydrogens (tertiary/aromatic N) is 1. The Morgan fingerprint density at radius 2 is 1.80 bits per heavy atom. The molecule has 7 atom stereocenters. The molecule has 0 radical (unpaired) electrons. The number of anilines is 2. The molecule has 3 saturated heterocycles. The average Bonchev–Trinajstić information content (AvgIpc) is 3.61. The van der Waals surface area contributed by atoms with Gasteiger partial charge in [-0.05, 0) is 67.6 Å². The van der Waals surface area contributed by atoms with Crippen molar-refractivity contribution in [1.29, 1.82) is 0 Å². The van der Waals surface area contributed by atoms with Crippen molar-refractivity contribution in [3.05, 3.63) is 88.9 Å². The van der Waals surface area contributed by atoms with Crippen LogP contribution in [0.25, 0.3) is 0 Å². The summed E-state index contributed by atoms with van der Waals surface area (Å²) in [7, 11) is 0. The molecule has 6 rings (SSSR count). The lowest BCUT2D eigenvalue weighted by Crippen LogP contribution is -2.55. The Morgan fingerprint density at radius 1 is 1.07 bits per heavy atom. The van der Waals surface area contributed by atoms with Crippen LogP contribution in [0.15, 0.2) is 72.8 Å². The molecule has 230 valence electrons. The number of ether oxygens (including phenoxy) is 1. The normalized spacial score (nSPS) is 27.6. The molecule has 3 aromatic carbocycles. The molecule has 3 aromatic rings. The van der Waals surface area contributed by atoms with Crippen molar-refractivity contribution >= 4 is 52.5 Å². The summed E-state index contributed by atoms with van der Waals surface area (Å²) in [5.74, 6) is -1.64. The monoisotopic (exact) mass is 633 g/mol. The van der Waals surface area contributed by atoms with Gasteiger partial charge in [-0.25, -0.2) is 0 Å². The van der Waals surface area contributed by atoms with Gasteiger partial charge in [-0.3, -0.25) is 14.4 Å². The van der Waals surface area contributed by atoms with Gasteiger partial charge in [0, 0.05) is 10.9 Å². The van der Waals surface area contributed by atoms with Crippen LogP contribution in [0.5, 0.6) is 5.75 Å². The third-order valence-corrected chi connectivity index (χ3v) is 11.7. The van der Waals surface area contributed by atoms with Crippen molar-refractivity contribution in [2.75, 3.05) is 23.8 Å². The first-order chi connectivity index (χ1) is 21.2. The Labute approximate surface area is 266 Å². The summed E-state index contributed by atoms with van der Waals surface area (Å²) in [6.45, 7) is 5.99. The van der Waals surface area contributed by atoms with Gasteiger partial charge in [-0.1, -0.05) is 61.0 Å². The molecule has 1 spiro atoms. The molecule has 8 nitrogen and oxygen atoms in total. The molecular formula is C34H36ClN3O5S. The first kappa shape index (κ1) is 30.5. The number of amides is 3. The van der Waals surface area contributed by atoms with E-state index < -0.39 is 28.7 Å². The van der Waals surface area contributed by atoms with Crippen molar-refractivity contribution in [1.82, 2.24) is 4.90 Å². The van der Waals surface area contributed by atoms with Crippen molar-refractivity contribution in [3.63, 3.8) is 0 Å². The lowest BCUT2D eigenvalue weighted by molar-refractivity contribution is -0.141. The van der Waals surface area contributed by atoms with Gasteiger partial charge in [0.25, 0.3) is 0 Å². The predicted molar refractivity (Wildman–Crippen MR) is 173 cm³/mol. The molecule has 2 bridgehead atoms. The molecule has 10 heteroatoms. The molecule has 44 heavy (non-hydrogen) atoms. The number of rotatable bonds is 9. The third-order valence-electron chi connectivity index (χ3n) is 9.33. The van der Waals surface area contributed by atoms with Crippen LogP contribution in [0.4, 0.5) is 11.4 Å². The van der Waals surface area contributed by atoms with Gasteiger partial charge in [0.15, 0.2) is 0 Å². The topological polar surface area (TPSA) is 108 Å². The Kier molecular flexibility index (Phi) is 8.39. The minimum absolute atomic E-state index is 0.0378. The van der Waals surface area contributed by atoms with Crippen LogP contribution in [0.1, 0.15) is 37.4 Å². The summed E-state index contributed by atoms with van der Waals surface area (Å²) in [4.78, 5) is 44.7. The number of likely N-dealkylation sites (tertiary alicyclic amines) is 1. The van der Waals surface area contributed by atoms with Crippen LogP contribution in [-0.4, -0.2) is 57.0 Å². The molecule has 3 amide bonds. The van der Waals surface area contributed by atoms with Crippen LogP contribution >= 0.6 is 23.4 Å². The Hall–Kier alpha value is -3.53. The average molecular weight is 634 g/mol. The number of halogens is 1. The second-order valence-electron chi connectivity index (χ2n) is 11.8. The van der Waals surface area contributed by atoms with Gasteiger partial charge in [0.05, 0.1) is 46.5 Å². The highest BCUT2D eigenvalue weighted by Gasteiger charge is 2.76. The Morgan fingerprint density at radius 3 is 2.45 bits per heavy atom. The third kappa shape index (κ3) is 4.95. The van der Waals surface area contributed by atoms with Gasteiger partial charge >= 0.3 is 0 Å². The SMILES string of the molecule is CCOc1ccc(NC(=O)[C@@H]2[C@@H]3CC(C)C4(S3)C(C(=O)Nc3c(C)cccc3Cl)N([C@H](CO)c3ccccc3)C(=O)[C@H]24)cc1. The summed E-state index contributed by atoms with van der Waals surface area (Å²) in [6, 6.07) is 20.1. The Balaban J connectivity index is 1.40. The highest BCUT2D eigenvalue weighted by molar-refractivity contribution is 8.02. The molecule has 3 unspecified atom stereocenters. The molecular weight excluding hydrogens is 598 g/mol. The van der Waals surface area contributed by atoms with Gasteiger partial charge in [0.2, 0.25) is 17.7 Å². The summed E-state index contributed by atoms with van der Waals surface area (Å²) in [5, 5.41) is 17.0. The number of carbonyl (C=O) groups excluding carboxylic acids is 3. The lowest BCUT2D eigenvalue weighted by Gasteiger charge is -2.40.